The van der Waals surface area contributed by atoms with E-state index in [0.29, 0.717) is 35.3 Å². The Hall–Kier alpha value is -2.60. The maximum Gasteiger partial charge on any atom is 0.232 e. The minimum Gasteiger partial charge on any atom is -0.469 e. The molecular weight excluding hydrogens is 318 g/mol. The number of anilines is 1. The zero-order chi connectivity index (χ0) is 16.1. The summed E-state index contributed by atoms with van der Waals surface area (Å²) in [4.78, 5) is 16.2. The third kappa shape index (κ3) is 4.20. The van der Waals surface area contributed by atoms with Gasteiger partial charge in [-0.3, -0.25) is 4.79 Å². The number of benzene rings is 1. The van der Waals surface area contributed by atoms with Crippen molar-refractivity contribution in [1.29, 1.82) is 0 Å². The number of hydrogen-bond donors (Lipinski definition) is 1. The summed E-state index contributed by atoms with van der Waals surface area (Å²) >= 11 is 5.99. The first kappa shape index (κ1) is 15.3. The predicted molar refractivity (Wildman–Crippen MR) is 84.2 cm³/mol. The minimum absolute atomic E-state index is 0.0233. The molecule has 0 saturated heterocycles. The topological polar surface area (TPSA) is 81.2 Å². The molecule has 0 aliphatic heterocycles. The fourth-order valence-electron chi connectivity index (χ4n) is 2.05. The fraction of sp³-hybridized carbons (Fsp3) is 0.188. The molecule has 3 aromatic rings. The van der Waals surface area contributed by atoms with Gasteiger partial charge in [0.15, 0.2) is 5.82 Å². The Morgan fingerprint density at radius 1 is 1.17 bits per heavy atom. The summed E-state index contributed by atoms with van der Waals surface area (Å²) in [5.74, 6) is 1.41. The Kier molecular flexibility index (Phi) is 4.73. The second-order valence-corrected chi connectivity index (χ2v) is 5.30. The Balaban J connectivity index is 1.54. The van der Waals surface area contributed by atoms with Gasteiger partial charge in [0.25, 0.3) is 0 Å². The van der Waals surface area contributed by atoms with Gasteiger partial charge in [-0.15, -0.1) is 0 Å². The van der Waals surface area contributed by atoms with Gasteiger partial charge in [0.1, 0.15) is 5.76 Å². The minimum atomic E-state index is -0.253. The van der Waals surface area contributed by atoms with Crippen LogP contribution in [0.5, 0.6) is 0 Å². The number of aromatic nitrogens is 2. The van der Waals surface area contributed by atoms with E-state index in [1.54, 1.807) is 30.5 Å². The molecule has 0 fully saturated rings. The number of hydrogen-bond acceptors (Lipinski definition) is 5. The van der Waals surface area contributed by atoms with E-state index in [9.17, 15) is 4.79 Å². The first-order valence-electron chi connectivity index (χ1n) is 7.09. The maximum atomic E-state index is 12.0. The van der Waals surface area contributed by atoms with Gasteiger partial charge in [-0.2, -0.15) is 4.98 Å². The quantitative estimate of drug-likeness (QED) is 0.749. The van der Waals surface area contributed by atoms with Gasteiger partial charge in [0.2, 0.25) is 11.8 Å². The molecule has 2 aromatic heterocycles. The molecule has 0 aliphatic rings. The van der Waals surface area contributed by atoms with E-state index < -0.39 is 0 Å². The number of nitrogens with zero attached hydrogens (tertiary/aromatic N) is 2. The lowest BCUT2D eigenvalue weighted by Gasteiger charge is -2.04. The van der Waals surface area contributed by atoms with E-state index in [4.69, 9.17) is 20.5 Å². The summed E-state index contributed by atoms with van der Waals surface area (Å²) in [5.41, 5.74) is 0.556. The molecule has 23 heavy (non-hydrogen) atoms. The van der Waals surface area contributed by atoms with Crippen LogP contribution in [0.4, 0.5) is 5.69 Å². The Labute approximate surface area is 137 Å². The van der Waals surface area contributed by atoms with Crippen LogP contribution in [-0.4, -0.2) is 16.0 Å². The number of nitrogens with one attached hydrogen (secondary N) is 1. The molecule has 0 aliphatic carbocycles. The highest BCUT2D eigenvalue weighted by atomic mass is 35.5. The molecule has 1 aromatic carbocycles. The van der Waals surface area contributed by atoms with Crippen LogP contribution in [0.3, 0.4) is 0 Å². The highest BCUT2D eigenvalue weighted by molar-refractivity contribution is 6.33. The van der Waals surface area contributed by atoms with Crippen LogP contribution in [0.15, 0.2) is 51.6 Å². The zero-order valence-electron chi connectivity index (χ0n) is 12.2. The van der Waals surface area contributed by atoms with Crippen molar-refractivity contribution >= 4 is 23.2 Å². The Bertz CT molecular complexity index is 783. The number of para-hydroxylation sites is 1. The first-order chi connectivity index (χ1) is 11.2. The van der Waals surface area contributed by atoms with Gasteiger partial charge >= 0.3 is 0 Å². The number of amides is 1. The molecule has 0 saturated carbocycles. The van der Waals surface area contributed by atoms with Crippen molar-refractivity contribution in [2.75, 3.05) is 5.32 Å². The van der Waals surface area contributed by atoms with Gasteiger partial charge in [0.05, 0.1) is 23.4 Å². The van der Waals surface area contributed by atoms with Gasteiger partial charge in [0, 0.05) is 12.8 Å². The number of carbonyl (C=O) groups is 1. The van der Waals surface area contributed by atoms with Crippen molar-refractivity contribution in [3.8, 4) is 0 Å². The first-order valence-corrected chi connectivity index (χ1v) is 7.47. The van der Waals surface area contributed by atoms with Crippen LogP contribution in [0, 0.1) is 0 Å². The van der Waals surface area contributed by atoms with Gasteiger partial charge in [-0.1, -0.05) is 28.9 Å². The molecule has 6 nitrogen and oxygen atoms in total. The van der Waals surface area contributed by atoms with Gasteiger partial charge in [-0.25, -0.2) is 0 Å². The summed E-state index contributed by atoms with van der Waals surface area (Å²) in [6, 6.07) is 10.7. The number of furan rings is 1. The second kappa shape index (κ2) is 7.11. The molecular formula is C16H14ClN3O3. The predicted octanol–water partition coefficient (Wildman–Crippen LogP) is 3.28. The largest absolute Gasteiger partial charge is 0.469 e. The number of carbonyl (C=O) groups excluding carboxylic acids is 1. The monoisotopic (exact) mass is 331 g/mol. The average Bonchev–Trinajstić information content (AvgIpc) is 3.19. The molecule has 0 atom stereocenters. The van der Waals surface area contributed by atoms with Crippen molar-refractivity contribution in [2.45, 2.75) is 19.3 Å². The molecule has 1 amide bonds. The molecule has 0 unspecified atom stereocenters. The van der Waals surface area contributed by atoms with Gasteiger partial charge in [-0.05, 0) is 24.3 Å². The lowest BCUT2D eigenvalue weighted by Crippen LogP contribution is -2.15. The molecule has 3 rings (SSSR count). The molecule has 118 valence electrons. The molecule has 1 N–H and O–H groups in total. The smallest absolute Gasteiger partial charge is 0.232 e. The van der Waals surface area contributed by atoms with E-state index in [1.165, 1.54) is 0 Å². The zero-order valence-corrected chi connectivity index (χ0v) is 12.9. The van der Waals surface area contributed by atoms with E-state index >= 15 is 0 Å². The van der Waals surface area contributed by atoms with Crippen LogP contribution in [0.25, 0.3) is 0 Å². The van der Waals surface area contributed by atoms with Crippen molar-refractivity contribution in [2.24, 2.45) is 0 Å². The van der Waals surface area contributed by atoms with Crippen LogP contribution in [0.2, 0.25) is 5.02 Å². The Morgan fingerprint density at radius 3 is 2.83 bits per heavy atom. The molecule has 2 heterocycles. The summed E-state index contributed by atoms with van der Waals surface area (Å²) in [6.07, 6.45) is 2.87. The van der Waals surface area contributed by atoms with E-state index in [2.05, 4.69) is 15.5 Å². The van der Waals surface area contributed by atoms with Crippen molar-refractivity contribution in [3.05, 3.63) is 65.2 Å². The van der Waals surface area contributed by atoms with Crippen molar-refractivity contribution < 1.29 is 13.7 Å². The van der Waals surface area contributed by atoms with Crippen molar-refractivity contribution in [1.82, 2.24) is 10.1 Å². The number of aryl methyl sites for hydroxylation is 2. The standard InChI is InChI=1S/C16H14ClN3O3/c17-12-5-1-2-6-13(12)18-15(21)10-14-19-16(23-20-14)8-7-11-4-3-9-22-11/h1-6,9H,7-8,10H2,(H,18,21). The van der Waals surface area contributed by atoms with Crippen LogP contribution >= 0.6 is 11.6 Å². The second-order valence-electron chi connectivity index (χ2n) is 4.89. The summed E-state index contributed by atoms with van der Waals surface area (Å²) in [5, 5.41) is 7.00. The SMILES string of the molecule is O=C(Cc1noc(CCc2ccco2)n1)Nc1ccccc1Cl. The fourth-order valence-corrected chi connectivity index (χ4v) is 2.23. The van der Waals surface area contributed by atoms with E-state index in [1.807, 2.05) is 12.1 Å². The summed E-state index contributed by atoms with van der Waals surface area (Å²) in [6.45, 7) is 0. The van der Waals surface area contributed by atoms with Crippen LogP contribution in [-0.2, 0) is 24.1 Å². The molecule has 7 heteroatoms. The number of rotatable bonds is 6. The summed E-state index contributed by atoms with van der Waals surface area (Å²) in [7, 11) is 0. The lowest BCUT2D eigenvalue weighted by atomic mass is 10.2. The Morgan fingerprint density at radius 2 is 2.04 bits per heavy atom. The van der Waals surface area contributed by atoms with Crippen molar-refractivity contribution in [3.63, 3.8) is 0 Å². The molecule has 0 spiro atoms. The summed E-state index contributed by atoms with van der Waals surface area (Å²) < 4.78 is 10.4. The highest BCUT2D eigenvalue weighted by Gasteiger charge is 2.12. The third-order valence-electron chi connectivity index (χ3n) is 3.14. The maximum absolute atomic E-state index is 12.0. The highest BCUT2D eigenvalue weighted by Crippen LogP contribution is 2.20. The van der Waals surface area contributed by atoms with E-state index in [-0.39, 0.29) is 12.3 Å². The number of halogens is 1. The average molecular weight is 332 g/mol. The normalized spacial score (nSPS) is 10.7. The van der Waals surface area contributed by atoms with Gasteiger partial charge < -0.3 is 14.3 Å². The third-order valence-corrected chi connectivity index (χ3v) is 3.47. The van der Waals surface area contributed by atoms with Crippen LogP contribution < -0.4 is 5.32 Å². The molecule has 0 bridgehead atoms. The van der Waals surface area contributed by atoms with E-state index in [0.717, 1.165) is 5.76 Å². The van der Waals surface area contributed by atoms with Crippen LogP contribution in [0.1, 0.15) is 17.5 Å². The lowest BCUT2D eigenvalue weighted by molar-refractivity contribution is -0.115. The molecule has 0 radical (unpaired) electrons.